The maximum Gasteiger partial charge on any atom is 0.0928 e. The van der Waals surface area contributed by atoms with Crippen LogP contribution in [-0.2, 0) is 0 Å². The standard InChI is InChI=1S/C13H11BrCl2S/c1-7-3-4-9(5-8(7)2)12(16)11-6-10(15)13(14)17-11/h3-6,12H,1-2H3. The van der Waals surface area contributed by atoms with Crippen molar-refractivity contribution in [3.63, 3.8) is 0 Å². The lowest BCUT2D eigenvalue weighted by molar-refractivity contribution is 1.16. The van der Waals surface area contributed by atoms with E-state index in [1.54, 1.807) is 11.3 Å². The van der Waals surface area contributed by atoms with Gasteiger partial charge in [-0.05, 0) is 52.5 Å². The van der Waals surface area contributed by atoms with E-state index in [4.69, 9.17) is 23.2 Å². The van der Waals surface area contributed by atoms with Crippen LogP contribution < -0.4 is 0 Å². The molecule has 0 amide bonds. The van der Waals surface area contributed by atoms with Gasteiger partial charge in [-0.1, -0.05) is 29.8 Å². The van der Waals surface area contributed by atoms with Gasteiger partial charge in [-0.3, -0.25) is 0 Å². The highest BCUT2D eigenvalue weighted by molar-refractivity contribution is 9.11. The zero-order valence-electron chi connectivity index (χ0n) is 9.43. The molecule has 0 nitrogen and oxygen atoms in total. The average Bonchev–Trinajstić information content (AvgIpc) is 2.62. The lowest BCUT2D eigenvalue weighted by atomic mass is 10.0. The van der Waals surface area contributed by atoms with E-state index in [2.05, 4.69) is 48.0 Å². The van der Waals surface area contributed by atoms with E-state index in [1.165, 1.54) is 11.1 Å². The third-order valence-electron chi connectivity index (χ3n) is 2.74. The third kappa shape index (κ3) is 2.87. The Kier molecular flexibility index (Phi) is 4.19. The van der Waals surface area contributed by atoms with Gasteiger partial charge in [-0.25, -0.2) is 0 Å². The molecular weight excluding hydrogens is 339 g/mol. The monoisotopic (exact) mass is 348 g/mol. The molecule has 0 spiro atoms. The van der Waals surface area contributed by atoms with E-state index in [9.17, 15) is 0 Å². The maximum atomic E-state index is 6.47. The average molecular weight is 350 g/mol. The Labute approximate surface area is 124 Å². The van der Waals surface area contributed by atoms with Gasteiger partial charge in [-0.15, -0.1) is 22.9 Å². The van der Waals surface area contributed by atoms with Gasteiger partial charge in [-0.2, -0.15) is 0 Å². The van der Waals surface area contributed by atoms with E-state index in [1.807, 2.05) is 6.07 Å². The first-order valence-electron chi connectivity index (χ1n) is 5.15. The molecule has 0 bridgehead atoms. The van der Waals surface area contributed by atoms with Crippen molar-refractivity contribution < 1.29 is 0 Å². The quantitative estimate of drug-likeness (QED) is 0.574. The molecule has 0 aliphatic heterocycles. The number of thiophene rings is 1. The van der Waals surface area contributed by atoms with Crippen molar-refractivity contribution >= 4 is 50.5 Å². The number of halogens is 3. The lowest BCUT2D eigenvalue weighted by Gasteiger charge is -2.09. The van der Waals surface area contributed by atoms with Crippen LogP contribution in [0.15, 0.2) is 28.1 Å². The summed E-state index contributed by atoms with van der Waals surface area (Å²) in [6, 6.07) is 8.23. The van der Waals surface area contributed by atoms with E-state index in [0.717, 1.165) is 19.2 Å². The molecule has 17 heavy (non-hydrogen) atoms. The van der Waals surface area contributed by atoms with Crippen molar-refractivity contribution in [3.05, 3.63) is 54.6 Å². The number of aryl methyl sites for hydroxylation is 2. The predicted octanol–water partition coefficient (Wildman–Crippen LogP) is 6.11. The van der Waals surface area contributed by atoms with E-state index >= 15 is 0 Å². The summed E-state index contributed by atoms with van der Waals surface area (Å²) in [4.78, 5) is 1.06. The number of hydrogen-bond donors (Lipinski definition) is 0. The fourth-order valence-corrected chi connectivity index (χ4v) is 3.66. The van der Waals surface area contributed by atoms with Crippen LogP contribution in [0.1, 0.15) is 26.9 Å². The molecule has 1 heterocycles. The van der Waals surface area contributed by atoms with Crippen molar-refractivity contribution in [2.75, 3.05) is 0 Å². The fraction of sp³-hybridized carbons (Fsp3) is 0.231. The molecule has 1 unspecified atom stereocenters. The van der Waals surface area contributed by atoms with Gasteiger partial charge < -0.3 is 0 Å². The van der Waals surface area contributed by atoms with Crippen molar-refractivity contribution in [3.8, 4) is 0 Å². The van der Waals surface area contributed by atoms with Crippen molar-refractivity contribution in [1.29, 1.82) is 0 Å². The van der Waals surface area contributed by atoms with Gasteiger partial charge in [0.25, 0.3) is 0 Å². The van der Waals surface area contributed by atoms with E-state index in [0.29, 0.717) is 0 Å². The highest BCUT2D eigenvalue weighted by Crippen LogP contribution is 2.40. The molecule has 0 N–H and O–H groups in total. The largest absolute Gasteiger partial charge is 0.130 e. The van der Waals surface area contributed by atoms with Crippen LogP contribution in [0.4, 0.5) is 0 Å². The van der Waals surface area contributed by atoms with Crippen LogP contribution >= 0.6 is 50.5 Å². The summed E-state index contributed by atoms with van der Waals surface area (Å²) >= 11 is 17.5. The van der Waals surface area contributed by atoms with Crippen molar-refractivity contribution in [2.24, 2.45) is 0 Å². The van der Waals surface area contributed by atoms with Crippen LogP contribution in [0.3, 0.4) is 0 Å². The maximum absolute atomic E-state index is 6.47. The minimum Gasteiger partial charge on any atom is -0.130 e. The second-order valence-electron chi connectivity index (χ2n) is 3.98. The summed E-state index contributed by atoms with van der Waals surface area (Å²) in [5, 5.41) is 0.586. The van der Waals surface area contributed by atoms with Crippen LogP contribution in [0.25, 0.3) is 0 Å². The first-order chi connectivity index (χ1) is 7.99. The SMILES string of the molecule is Cc1ccc(C(Cl)c2cc(Cl)c(Br)s2)cc1C. The normalized spacial score (nSPS) is 12.8. The highest BCUT2D eigenvalue weighted by atomic mass is 79.9. The smallest absolute Gasteiger partial charge is 0.0928 e. The highest BCUT2D eigenvalue weighted by Gasteiger charge is 2.15. The predicted molar refractivity (Wildman–Crippen MR) is 80.6 cm³/mol. The summed E-state index contributed by atoms with van der Waals surface area (Å²) in [5.74, 6) is 0. The summed E-state index contributed by atoms with van der Waals surface area (Å²) in [5.41, 5.74) is 3.65. The van der Waals surface area contributed by atoms with E-state index < -0.39 is 0 Å². The minimum atomic E-state index is -0.136. The van der Waals surface area contributed by atoms with Gasteiger partial charge >= 0.3 is 0 Å². The zero-order valence-corrected chi connectivity index (χ0v) is 13.3. The first kappa shape index (κ1) is 13.4. The molecule has 4 heteroatoms. The van der Waals surface area contributed by atoms with Crippen molar-refractivity contribution in [1.82, 2.24) is 0 Å². The summed E-state index contributed by atoms with van der Waals surface area (Å²) < 4.78 is 0.934. The summed E-state index contributed by atoms with van der Waals surface area (Å²) in [7, 11) is 0. The first-order valence-corrected chi connectivity index (χ1v) is 7.57. The second kappa shape index (κ2) is 5.31. The van der Waals surface area contributed by atoms with Gasteiger partial charge in [0, 0.05) is 4.88 Å². The fourth-order valence-electron chi connectivity index (χ4n) is 1.57. The molecule has 1 atom stereocenters. The molecule has 0 saturated heterocycles. The van der Waals surface area contributed by atoms with Crippen LogP contribution in [0.2, 0.25) is 5.02 Å². The molecule has 0 saturated carbocycles. The van der Waals surface area contributed by atoms with E-state index in [-0.39, 0.29) is 5.38 Å². The third-order valence-corrected chi connectivity index (χ3v) is 5.89. The van der Waals surface area contributed by atoms with Crippen LogP contribution in [0.5, 0.6) is 0 Å². The Morgan fingerprint density at radius 1 is 1.18 bits per heavy atom. The number of hydrogen-bond acceptors (Lipinski definition) is 1. The summed E-state index contributed by atoms with van der Waals surface area (Å²) in [6.07, 6.45) is 0. The Morgan fingerprint density at radius 2 is 1.88 bits per heavy atom. The molecule has 1 aromatic heterocycles. The van der Waals surface area contributed by atoms with Gasteiger partial charge in [0.05, 0.1) is 14.2 Å². The van der Waals surface area contributed by atoms with Crippen LogP contribution in [0, 0.1) is 13.8 Å². The molecule has 0 radical (unpaired) electrons. The Morgan fingerprint density at radius 3 is 2.41 bits per heavy atom. The Balaban J connectivity index is 2.36. The molecule has 0 aliphatic rings. The zero-order chi connectivity index (χ0) is 12.6. The molecule has 0 aliphatic carbocycles. The van der Waals surface area contributed by atoms with Gasteiger partial charge in [0.15, 0.2) is 0 Å². The topological polar surface area (TPSA) is 0 Å². The number of alkyl halides is 1. The molecule has 2 rings (SSSR count). The second-order valence-corrected chi connectivity index (χ2v) is 7.22. The van der Waals surface area contributed by atoms with Gasteiger partial charge in [0.1, 0.15) is 0 Å². The molecule has 0 fully saturated rings. The summed E-state index contributed by atoms with van der Waals surface area (Å²) in [6.45, 7) is 4.20. The minimum absolute atomic E-state index is 0.136. The number of benzene rings is 1. The molecule has 1 aromatic carbocycles. The Bertz CT molecular complexity index is 529. The lowest BCUT2D eigenvalue weighted by Crippen LogP contribution is -1.92. The van der Waals surface area contributed by atoms with Gasteiger partial charge in [0.2, 0.25) is 0 Å². The Hall–Kier alpha value is -0.0200. The number of rotatable bonds is 2. The van der Waals surface area contributed by atoms with Crippen molar-refractivity contribution in [2.45, 2.75) is 19.2 Å². The molecular formula is C13H11BrCl2S. The molecule has 2 aromatic rings. The molecule has 90 valence electrons. The van der Waals surface area contributed by atoms with Crippen LogP contribution in [-0.4, -0.2) is 0 Å².